The highest BCUT2D eigenvalue weighted by molar-refractivity contribution is 4.97. The van der Waals surface area contributed by atoms with E-state index in [4.69, 9.17) is 4.74 Å². The quantitative estimate of drug-likeness (QED) is 0.697. The molecule has 14 heavy (non-hydrogen) atoms. The molecule has 0 bridgehead atoms. The second-order valence-electron chi connectivity index (χ2n) is 4.36. The Morgan fingerprint density at radius 3 is 2.93 bits per heavy atom. The molecule has 0 spiro atoms. The summed E-state index contributed by atoms with van der Waals surface area (Å²) in [6, 6.07) is 0.606. The number of ether oxygens (including phenoxy) is 1. The van der Waals surface area contributed by atoms with Gasteiger partial charge < -0.3 is 10.1 Å². The molecule has 2 nitrogen and oxygen atoms in total. The van der Waals surface area contributed by atoms with Crippen LogP contribution >= 0.6 is 0 Å². The Hall–Kier alpha value is -0.340. The maximum absolute atomic E-state index is 5.68. The van der Waals surface area contributed by atoms with Gasteiger partial charge in [0.25, 0.3) is 0 Å². The van der Waals surface area contributed by atoms with Gasteiger partial charge in [0.05, 0.1) is 6.10 Å². The third-order valence-electron chi connectivity index (χ3n) is 3.14. The van der Waals surface area contributed by atoms with Crippen LogP contribution < -0.4 is 5.32 Å². The van der Waals surface area contributed by atoms with Crippen LogP contribution in [-0.2, 0) is 4.74 Å². The molecule has 1 fully saturated rings. The molecule has 2 aliphatic rings. The molecule has 0 aromatic carbocycles. The van der Waals surface area contributed by atoms with Gasteiger partial charge in [-0.2, -0.15) is 0 Å². The van der Waals surface area contributed by atoms with Gasteiger partial charge in [-0.1, -0.05) is 12.2 Å². The van der Waals surface area contributed by atoms with Crippen LogP contribution in [0, 0.1) is 0 Å². The highest BCUT2D eigenvalue weighted by Crippen LogP contribution is 2.14. The van der Waals surface area contributed by atoms with Crippen LogP contribution in [0.2, 0.25) is 0 Å². The summed E-state index contributed by atoms with van der Waals surface area (Å²) in [7, 11) is 0. The van der Waals surface area contributed by atoms with E-state index in [0.29, 0.717) is 12.1 Å². The maximum Gasteiger partial charge on any atom is 0.0699 e. The van der Waals surface area contributed by atoms with Gasteiger partial charge in [-0.15, -0.1) is 0 Å². The summed E-state index contributed by atoms with van der Waals surface area (Å²) < 4.78 is 5.68. The van der Waals surface area contributed by atoms with Crippen LogP contribution in [0.5, 0.6) is 0 Å². The maximum atomic E-state index is 5.68. The SMILES string of the molecule is C1=CC(NCC2CCCCO2)CCC1. The van der Waals surface area contributed by atoms with E-state index in [0.717, 1.165) is 13.2 Å². The van der Waals surface area contributed by atoms with E-state index in [1.54, 1.807) is 0 Å². The molecule has 0 aromatic heterocycles. The molecular weight excluding hydrogens is 174 g/mol. The van der Waals surface area contributed by atoms with Gasteiger partial charge >= 0.3 is 0 Å². The van der Waals surface area contributed by atoms with Gasteiger partial charge in [0, 0.05) is 19.2 Å². The summed E-state index contributed by atoms with van der Waals surface area (Å²) in [5, 5.41) is 3.58. The molecule has 2 heteroatoms. The average molecular weight is 195 g/mol. The van der Waals surface area contributed by atoms with Crippen molar-refractivity contribution in [2.24, 2.45) is 0 Å². The Kier molecular flexibility index (Phi) is 4.02. The molecule has 1 aliphatic carbocycles. The molecule has 0 radical (unpaired) electrons. The molecule has 1 saturated heterocycles. The molecule has 0 saturated carbocycles. The van der Waals surface area contributed by atoms with Crippen LogP contribution in [0.15, 0.2) is 12.2 Å². The summed E-state index contributed by atoms with van der Waals surface area (Å²) in [5.74, 6) is 0. The number of hydrogen-bond donors (Lipinski definition) is 1. The Balaban J connectivity index is 1.65. The van der Waals surface area contributed by atoms with Crippen molar-refractivity contribution in [2.75, 3.05) is 13.2 Å². The third kappa shape index (κ3) is 3.10. The highest BCUT2D eigenvalue weighted by Gasteiger charge is 2.15. The monoisotopic (exact) mass is 195 g/mol. The van der Waals surface area contributed by atoms with Crippen molar-refractivity contribution in [1.82, 2.24) is 5.32 Å². The highest BCUT2D eigenvalue weighted by atomic mass is 16.5. The standard InChI is InChI=1S/C12H21NO/c1-2-6-11(7-3-1)13-10-12-8-4-5-9-14-12/h2,6,11-13H,1,3-5,7-10H2. The molecule has 2 rings (SSSR count). The van der Waals surface area contributed by atoms with Gasteiger partial charge in [0.1, 0.15) is 0 Å². The lowest BCUT2D eigenvalue weighted by Crippen LogP contribution is -2.37. The predicted octanol–water partition coefficient (Wildman–Crippen LogP) is 2.25. The molecule has 0 amide bonds. The van der Waals surface area contributed by atoms with Gasteiger partial charge in [-0.25, -0.2) is 0 Å². The molecule has 0 aromatic rings. The fraction of sp³-hybridized carbons (Fsp3) is 0.833. The van der Waals surface area contributed by atoms with E-state index in [2.05, 4.69) is 17.5 Å². The van der Waals surface area contributed by atoms with Gasteiger partial charge in [-0.05, 0) is 38.5 Å². The largest absolute Gasteiger partial charge is 0.377 e. The zero-order valence-corrected chi connectivity index (χ0v) is 8.87. The van der Waals surface area contributed by atoms with E-state index >= 15 is 0 Å². The Morgan fingerprint density at radius 1 is 1.21 bits per heavy atom. The fourth-order valence-corrected chi connectivity index (χ4v) is 2.23. The minimum absolute atomic E-state index is 0.471. The van der Waals surface area contributed by atoms with Crippen molar-refractivity contribution in [3.63, 3.8) is 0 Å². The molecule has 1 N–H and O–H groups in total. The topological polar surface area (TPSA) is 21.3 Å². The summed E-state index contributed by atoms with van der Waals surface area (Å²) >= 11 is 0. The third-order valence-corrected chi connectivity index (χ3v) is 3.14. The van der Waals surface area contributed by atoms with Crippen molar-refractivity contribution in [1.29, 1.82) is 0 Å². The summed E-state index contributed by atoms with van der Waals surface area (Å²) in [4.78, 5) is 0. The van der Waals surface area contributed by atoms with Gasteiger partial charge in [0.2, 0.25) is 0 Å². The zero-order valence-electron chi connectivity index (χ0n) is 8.87. The number of hydrogen-bond acceptors (Lipinski definition) is 2. The molecule has 80 valence electrons. The molecular formula is C12H21NO. The smallest absolute Gasteiger partial charge is 0.0699 e. The first-order chi connectivity index (χ1) is 6.95. The number of allylic oxidation sites excluding steroid dienone is 1. The Morgan fingerprint density at radius 2 is 2.21 bits per heavy atom. The second-order valence-corrected chi connectivity index (χ2v) is 4.36. The predicted molar refractivity (Wildman–Crippen MR) is 58.4 cm³/mol. The molecule has 2 unspecified atom stereocenters. The normalized spacial score (nSPS) is 33.1. The lowest BCUT2D eigenvalue weighted by molar-refractivity contribution is 0.0159. The fourth-order valence-electron chi connectivity index (χ4n) is 2.23. The second kappa shape index (κ2) is 5.52. The van der Waals surface area contributed by atoms with E-state index in [1.807, 2.05) is 0 Å². The minimum Gasteiger partial charge on any atom is -0.377 e. The first-order valence-electron chi connectivity index (χ1n) is 5.97. The number of rotatable bonds is 3. The summed E-state index contributed by atoms with van der Waals surface area (Å²) in [6.07, 6.45) is 12.8. The number of nitrogens with one attached hydrogen (secondary N) is 1. The first-order valence-corrected chi connectivity index (χ1v) is 5.97. The van der Waals surface area contributed by atoms with Gasteiger partial charge in [-0.3, -0.25) is 0 Å². The molecule has 2 atom stereocenters. The van der Waals surface area contributed by atoms with Gasteiger partial charge in [0.15, 0.2) is 0 Å². The lowest BCUT2D eigenvalue weighted by Gasteiger charge is -2.25. The van der Waals surface area contributed by atoms with E-state index < -0.39 is 0 Å². The van der Waals surface area contributed by atoms with Crippen LogP contribution in [0.25, 0.3) is 0 Å². The van der Waals surface area contributed by atoms with Crippen LogP contribution in [0.1, 0.15) is 38.5 Å². The van der Waals surface area contributed by atoms with Crippen LogP contribution in [-0.4, -0.2) is 25.3 Å². The Bertz CT molecular complexity index is 185. The van der Waals surface area contributed by atoms with E-state index in [1.165, 1.54) is 38.5 Å². The van der Waals surface area contributed by atoms with Crippen molar-refractivity contribution in [2.45, 2.75) is 50.7 Å². The zero-order chi connectivity index (χ0) is 9.64. The van der Waals surface area contributed by atoms with Crippen LogP contribution in [0.3, 0.4) is 0 Å². The van der Waals surface area contributed by atoms with Crippen LogP contribution in [0.4, 0.5) is 0 Å². The van der Waals surface area contributed by atoms with Crippen molar-refractivity contribution >= 4 is 0 Å². The first kappa shape index (κ1) is 10.2. The Labute approximate surface area is 86.7 Å². The van der Waals surface area contributed by atoms with Crippen molar-refractivity contribution < 1.29 is 4.74 Å². The van der Waals surface area contributed by atoms with E-state index in [-0.39, 0.29) is 0 Å². The minimum atomic E-state index is 0.471. The molecule has 1 heterocycles. The average Bonchev–Trinajstić information content (AvgIpc) is 2.29. The van der Waals surface area contributed by atoms with Crippen molar-refractivity contribution in [3.8, 4) is 0 Å². The van der Waals surface area contributed by atoms with Crippen molar-refractivity contribution in [3.05, 3.63) is 12.2 Å². The summed E-state index contributed by atoms with van der Waals surface area (Å²) in [6.45, 7) is 2.00. The summed E-state index contributed by atoms with van der Waals surface area (Å²) in [5.41, 5.74) is 0. The van der Waals surface area contributed by atoms with E-state index in [9.17, 15) is 0 Å². The molecule has 1 aliphatic heterocycles. The lowest BCUT2D eigenvalue weighted by atomic mass is 10.0.